The molecule has 0 saturated heterocycles. The van der Waals surface area contributed by atoms with Gasteiger partial charge in [-0.05, 0) is 0 Å². The fraction of sp³-hybridized carbons (Fsp3) is 1.00. The Labute approximate surface area is 66.7 Å². The van der Waals surface area contributed by atoms with Crippen LogP contribution in [0, 0.1) is 0 Å². The average Bonchev–Trinajstić information content (AvgIpc) is 0.918. The third kappa shape index (κ3) is 25.0. The summed E-state index contributed by atoms with van der Waals surface area (Å²) in [5.41, 5.74) is 0. The first-order chi connectivity index (χ1) is 1.41. The van der Waals surface area contributed by atoms with Crippen LogP contribution in [0.15, 0.2) is 0 Å². The summed E-state index contributed by atoms with van der Waals surface area (Å²) >= 11 is 0.230. The molecule has 0 aromatic carbocycles. The summed E-state index contributed by atoms with van der Waals surface area (Å²) in [6, 6.07) is 0. The number of hydrogen-bond acceptors (Lipinski definition) is 0. The van der Waals surface area contributed by atoms with E-state index in [1.54, 1.807) is 0 Å². The Bertz CT molecular complexity index is 7.61. The third-order valence-electron chi connectivity index (χ3n) is 0. The van der Waals surface area contributed by atoms with E-state index < -0.39 is 0 Å². The van der Waals surface area contributed by atoms with Crippen LogP contribution in [0.5, 0.6) is 0 Å². The van der Waals surface area contributed by atoms with Crippen LogP contribution in [-0.4, -0.2) is 45.0 Å². The number of rotatable bonds is 0. The SMILES string of the molecule is Cl.[CH3][Sn][CH3].[SnH2]. The molecule has 0 heterocycles. The summed E-state index contributed by atoms with van der Waals surface area (Å²) in [6.45, 7) is 0. The monoisotopic (exact) mass is 308 g/mol. The molecule has 0 nitrogen and oxygen atoms in total. The van der Waals surface area contributed by atoms with Crippen molar-refractivity contribution in [1.29, 1.82) is 0 Å². The van der Waals surface area contributed by atoms with Crippen LogP contribution in [-0.2, 0) is 0 Å². The summed E-state index contributed by atoms with van der Waals surface area (Å²) in [4.78, 5) is 4.59. The molecular formula is C2H9ClSn2. The van der Waals surface area contributed by atoms with E-state index in [0.29, 0.717) is 0 Å². The Hall–Kier alpha value is 1.89. The van der Waals surface area contributed by atoms with Gasteiger partial charge in [0.15, 0.2) is 0 Å². The van der Waals surface area contributed by atoms with Crippen LogP contribution < -0.4 is 0 Å². The second-order valence-electron chi connectivity index (χ2n) is 0.500. The quantitative estimate of drug-likeness (QED) is 0.565. The van der Waals surface area contributed by atoms with Gasteiger partial charge in [-0.15, -0.1) is 12.4 Å². The summed E-state index contributed by atoms with van der Waals surface area (Å²) in [6.07, 6.45) is 0. The fourth-order valence-corrected chi connectivity index (χ4v) is 0. The van der Waals surface area contributed by atoms with E-state index in [1.165, 1.54) is 0 Å². The van der Waals surface area contributed by atoms with Gasteiger partial charge >= 0.3 is 54.9 Å². The van der Waals surface area contributed by atoms with Crippen molar-refractivity contribution < 1.29 is 0 Å². The van der Waals surface area contributed by atoms with Gasteiger partial charge in [-0.25, -0.2) is 0 Å². The fourth-order valence-electron chi connectivity index (χ4n) is 0. The molecule has 0 fully saturated rings. The molecule has 0 aromatic heterocycles. The van der Waals surface area contributed by atoms with Gasteiger partial charge in [-0.2, -0.15) is 0 Å². The Morgan fingerprint density at radius 2 is 1.20 bits per heavy atom. The molecule has 0 rings (SSSR count). The van der Waals surface area contributed by atoms with Crippen molar-refractivity contribution >= 4 is 57.5 Å². The molecule has 4 radical (unpaired) electrons. The second-order valence-corrected chi connectivity index (χ2v) is 3.35. The van der Waals surface area contributed by atoms with Crippen molar-refractivity contribution in [3.63, 3.8) is 0 Å². The standard InChI is InChI=1S/2CH3.ClH.2Sn.2H/h2*1H3;1H;;;;. The zero-order valence-electron chi connectivity index (χ0n) is 3.62. The predicted molar refractivity (Wildman–Crippen MR) is 33.3 cm³/mol. The van der Waals surface area contributed by atoms with Crippen molar-refractivity contribution in [2.75, 3.05) is 0 Å². The van der Waals surface area contributed by atoms with Gasteiger partial charge < -0.3 is 0 Å². The minimum atomic E-state index is 0. The Morgan fingerprint density at radius 1 is 1.20 bits per heavy atom. The predicted octanol–water partition coefficient (Wildman–Crippen LogP) is 0.292. The molecule has 0 aliphatic carbocycles. The molecule has 0 amide bonds. The van der Waals surface area contributed by atoms with E-state index in [-0.39, 0.29) is 57.5 Å². The molecule has 0 spiro atoms. The first kappa shape index (κ1) is 15.8. The summed E-state index contributed by atoms with van der Waals surface area (Å²) in [5, 5.41) is 0. The first-order valence-electron chi connectivity index (χ1n) is 1.00. The van der Waals surface area contributed by atoms with Crippen LogP contribution in [0.25, 0.3) is 0 Å². The zero-order valence-corrected chi connectivity index (χ0v) is 11.3. The van der Waals surface area contributed by atoms with Crippen LogP contribution in [0.3, 0.4) is 0 Å². The second kappa shape index (κ2) is 16.9. The topological polar surface area (TPSA) is 0 Å². The van der Waals surface area contributed by atoms with E-state index in [9.17, 15) is 0 Å². The summed E-state index contributed by atoms with van der Waals surface area (Å²) < 4.78 is 0. The molecule has 5 heavy (non-hydrogen) atoms. The van der Waals surface area contributed by atoms with Crippen LogP contribution in [0.4, 0.5) is 0 Å². The van der Waals surface area contributed by atoms with Gasteiger partial charge in [0.05, 0.1) is 0 Å². The van der Waals surface area contributed by atoms with Crippen molar-refractivity contribution in [3.05, 3.63) is 0 Å². The van der Waals surface area contributed by atoms with Crippen LogP contribution in [0.1, 0.15) is 0 Å². The molecule has 0 bridgehead atoms. The molecule has 32 valence electrons. The van der Waals surface area contributed by atoms with Gasteiger partial charge in [0.2, 0.25) is 0 Å². The Balaban J connectivity index is -0.0000000200. The van der Waals surface area contributed by atoms with Gasteiger partial charge in [0.25, 0.3) is 0 Å². The minimum absolute atomic E-state index is 0. The van der Waals surface area contributed by atoms with E-state index in [4.69, 9.17) is 0 Å². The van der Waals surface area contributed by atoms with E-state index in [0.717, 1.165) is 0 Å². The normalized spacial score (nSPS) is 3.60. The molecule has 0 saturated carbocycles. The van der Waals surface area contributed by atoms with Crippen molar-refractivity contribution in [3.8, 4) is 0 Å². The van der Waals surface area contributed by atoms with Gasteiger partial charge in [-0.3, -0.25) is 0 Å². The van der Waals surface area contributed by atoms with Gasteiger partial charge in [-0.1, -0.05) is 0 Å². The molecule has 0 unspecified atom stereocenters. The molecular weight excluding hydrogens is 297 g/mol. The maximum absolute atomic E-state index is 2.30. The third-order valence-corrected chi connectivity index (χ3v) is 0. The Morgan fingerprint density at radius 3 is 1.20 bits per heavy atom. The first-order valence-corrected chi connectivity index (χ1v) is 6.71. The van der Waals surface area contributed by atoms with Crippen molar-refractivity contribution in [1.82, 2.24) is 0 Å². The average molecular weight is 306 g/mol. The van der Waals surface area contributed by atoms with E-state index in [2.05, 4.69) is 9.88 Å². The zero-order chi connectivity index (χ0) is 2.71. The molecule has 0 aromatic rings. The maximum atomic E-state index is 2.30. The van der Waals surface area contributed by atoms with Gasteiger partial charge in [0.1, 0.15) is 0 Å². The van der Waals surface area contributed by atoms with Gasteiger partial charge in [0, 0.05) is 0 Å². The molecule has 0 aliphatic heterocycles. The summed E-state index contributed by atoms with van der Waals surface area (Å²) in [5.74, 6) is 0. The van der Waals surface area contributed by atoms with Crippen molar-refractivity contribution in [2.24, 2.45) is 0 Å². The van der Waals surface area contributed by atoms with E-state index in [1.807, 2.05) is 0 Å². The molecule has 0 aliphatic rings. The summed E-state index contributed by atoms with van der Waals surface area (Å²) in [7, 11) is 0. The van der Waals surface area contributed by atoms with Crippen molar-refractivity contribution in [2.45, 2.75) is 9.88 Å². The molecule has 0 atom stereocenters. The van der Waals surface area contributed by atoms with E-state index >= 15 is 0 Å². The van der Waals surface area contributed by atoms with Crippen LogP contribution in [0.2, 0.25) is 9.88 Å². The number of hydrogen-bond donors (Lipinski definition) is 0. The van der Waals surface area contributed by atoms with Crippen LogP contribution >= 0.6 is 12.4 Å². The number of halogens is 1. The molecule has 0 N–H and O–H groups in total. The Kier molecular flexibility index (Phi) is 53.3. The molecule has 3 heteroatoms.